The lowest BCUT2D eigenvalue weighted by molar-refractivity contribution is -0.142. The molecule has 2 N–H and O–H groups in total. The molecule has 0 bridgehead atoms. The molecular weight excluding hydrogens is 454 g/mol. The molecule has 0 fully saturated rings. The van der Waals surface area contributed by atoms with E-state index < -0.39 is 12.0 Å². The van der Waals surface area contributed by atoms with Gasteiger partial charge in [0.25, 0.3) is 0 Å². The van der Waals surface area contributed by atoms with Gasteiger partial charge >= 0.3 is 5.97 Å². The van der Waals surface area contributed by atoms with Crippen molar-refractivity contribution in [3.8, 4) is 11.5 Å². The number of rotatable bonds is 13. The maximum Gasteiger partial charge on any atom is 0.326 e. The quantitative estimate of drug-likeness (QED) is 0.310. The monoisotopic (exact) mass is 489 g/mol. The Morgan fingerprint density at radius 1 is 0.833 bits per heavy atom. The number of carboxylic acids is 1. The molecule has 0 aliphatic rings. The maximum absolute atomic E-state index is 12.7. The van der Waals surface area contributed by atoms with Crippen molar-refractivity contribution >= 4 is 11.9 Å². The van der Waals surface area contributed by atoms with Gasteiger partial charge in [0.1, 0.15) is 30.8 Å². The largest absolute Gasteiger partial charge is 0.489 e. The molecule has 3 aromatic rings. The topological polar surface area (TPSA) is 84.9 Å². The average Bonchev–Trinajstić information content (AvgIpc) is 2.86. The van der Waals surface area contributed by atoms with Crippen molar-refractivity contribution in [1.82, 2.24) is 5.32 Å². The third kappa shape index (κ3) is 8.45. The van der Waals surface area contributed by atoms with Gasteiger partial charge in [0, 0.05) is 12.5 Å². The summed E-state index contributed by atoms with van der Waals surface area (Å²) in [5.74, 6) is -0.0324. The molecule has 6 nitrogen and oxygen atoms in total. The lowest BCUT2D eigenvalue weighted by Crippen LogP contribution is -2.41. The highest BCUT2D eigenvalue weighted by molar-refractivity contribution is 5.84. The summed E-state index contributed by atoms with van der Waals surface area (Å²) in [4.78, 5) is 24.3. The molecule has 2 atom stereocenters. The zero-order valence-corrected chi connectivity index (χ0v) is 21.1. The van der Waals surface area contributed by atoms with Gasteiger partial charge in [-0.05, 0) is 41.0 Å². The molecular formula is C30H35NO5. The molecule has 0 heterocycles. The van der Waals surface area contributed by atoms with E-state index in [1.54, 1.807) is 0 Å². The van der Waals surface area contributed by atoms with Crippen LogP contribution in [0.2, 0.25) is 0 Å². The van der Waals surface area contributed by atoms with E-state index in [-0.39, 0.29) is 24.2 Å². The van der Waals surface area contributed by atoms with Gasteiger partial charge in [-0.15, -0.1) is 0 Å². The molecule has 0 aliphatic heterocycles. The first-order valence-corrected chi connectivity index (χ1v) is 12.3. The Kier molecular flexibility index (Phi) is 9.92. The highest BCUT2D eigenvalue weighted by Crippen LogP contribution is 2.33. The summed E-state index contributed by atoms with van der Waals surface area (Å²) in [6.45, 7) is 6.62. The molecule has 3 aromatic carbocycles. The standard InChI is InChI=1S/C30H35NO5/c1-21(2)16-27(30(33)34)31-29(32)17-22(3)26-15-14-25(35-19-23-10-6-4-7-11-23)18-28(26)36-20-24-12-8-5-9-13-24/h4-15,18,21-22,27H,16-17,19-20H2,1-3H3,(H,31,32)(H,33,34)/t22?,27-/m1/s1. The van der Waals surface area contributed by atoms with Crippen molar-refractivity contribution in [2.24, 2.45) is 5.92 Å². The Hall–Kier alpha value is -3.80. The average molecular weight is 490 g/mol. The minimum Gasteiger partial charge on any atom is -0.489 e. The summed E-state index contributed by atoms with van der Waals surface area (Å²) < 4.78 is 12.2. The second-order valence-electron chi connectivity index (χ2n) is 9.44. The first kappa shape index (κ1) is 26.8. The van der Waals surface area contributed by atoms with Crippen LogP contribution in [0.1, 0.15) is 56.2 Å². The van der Waals surface area contributed by atoms with Crippen LogP contribution in [0.3, 0.4) is 0 Å². The van der Waals surface area contributed by atoms with Crippen molar-refractivity contribution in [3.05, 3.63) is 95.6 Å². The molecule has 0 saturated heterocycles. The third-order valence-corrected chi connectivity index (χ3v) is 5.83. The number of amides is 1. The number of carbonyl (C=O) groups excluding carboxylic acids is 1. The van der Waals surface area contributed by atoms with Crippen LogP contribution in [-0.2, 0) is 22.8 Å². The smallest absolute Gasteiger partial charge is 0.326 e. The van der Waals surface area contributed by atoms with Crippen LogP contribution in [0.5, 0.6) is 11.5 Å². The van der Waals surface area contributed by atoms with Crippen LogP contribution in [0.25, 0.3) is 0 Å². The second-order valence-corrected chi connectivity index (χ2v) is 9.44. The predicted octanol–water partition coefficient (Wildman–Crippen LogP) is 5.95. The summed E-state index contributed by atoms with van der Waals surface area (Å²) in [5.41, 5.74) is 2.96. The molecule has 6 heteroatoms. The summed E-state index contributed by atoms with van der Waals surface area (Å²) in [6.07, 6.45) is 0.530. The van der Waals surface area contributed by atoms with Gasteiger partial charge in [0.2, 0.25) is 5.91 Å². The van der Waals surface area contributed by atoms with E-state index in [1.807, 2.05) is 99.6 Å². The zero-order chi connectivity index (χ0) is 25.9. The van der Waals surface area contributed by atoms with E-state index in [0.717, 1.165) is 16.7 Å². The Labute approximate surface area is 213 Å². The first-order valence-electron chi connectivity index (χ1n) is 12.3. The van der Waals surface area contributed by atoms with Crippen molar-refractivity contribution in [3.63, 3.8) is 0 Å². The van der Waals surface area contributed by atoms with Gasteiger partial charge in [0.15, 0.2) is 0 Å². The Morgan fingerprint density at radius 2 is 1.42 bits per heavy atom. The summed E-state index contributed by atoms with van der Waals surface area (Å²) in [7, 11) is 0. The summed E-state index contributed by atoms with van der Waals surface area (Å²) in [5, 5.41) is 12.1. The minimum absolute atomic E-state index is 0.147. The van der Waals surface area contributed by atoms with Gasteiger partial charge in [0.05, 0.1) is 0 Å². The van der Waals surface area contributed by atoms with Crippen molar-refractivity contribution in [2.75, 3.05) is 0 Å². The van der Waals surface area contributed by atoms with Crippen molar-refractivity contribution < 1.29 is 24.2 Å². The van der Waals surface area contributed by atoms with Crippen molar-refractivity contribution in [2.45, 2.75) is 58.8 Å². The van der Waals surface area contributed by atoms with Crippen LogP contribution in [0, 0.1) is 5.92 Å². The minimum atomic E-state index is -1.02. The van der Waals surface area contributed by atoms with Crippen LogP contribution < -0.4 is 14.8 Å². The summed E-state index contributed by atoms with van der Waals surface area (Å²) in [6, 6.07) is 24.5. The second kappa shape index (κ2) is 13.3. The number of aliphatic carboxylic acids is 1. The van der Waals surface area contributed by atoms with E-state index in [9.17, 15) is 14.7 Å². The highest BCUT2D eigenvalue weighted by Gasteiger charge is 2.23. The van der Waals surface area contributed by atoms with Gasteiger partial charge in [-0.25, -0.2) is 4.79 Å². The lowest BCUT2D eigenvalue weighted by atomic mass is 9.95. The predicted molar refractivity (Wildman–Crippen MR) is 140 cm³/mol. The normalized spacial score (nSPS) is 12.6. The number of ether oxygens (including phenoxy) is 2. The number of carboxylic acid groups (broad SMARTS) is 1. The maximum atomic E-state index is 12.7. The molecule has 0 spiro atoms. The number of benzene rings is 3. The first-order chi connectivity index (χ1) is 17.3. The van der Waals surface area contributed by atoms with E-state index >= 15 is 0 Å². The Bertz CT molecular complexity index is 1110. The van der Waals surface area contributed by atoms with E-state index in [2.05, 4.69) is 5.32 Å². The SMILES string of the molecule is CC(C)C[C@@H](NC(=O)CC(C)c1ccc(OCc2ccccc2)cc1OCc1ccccc1)C(=O)O. The van der Waals surface area contributed by atoms with Crippen LogP contribution in [-0.4, -0.2) is 23.0 Å². The molecule has 0 aliphatic carbocycles. The molecule has 1 unspecified atom stereocenters. The number of hydrogen-bond acceptors (Lipinski definition) is 4. The third-order valence-electron chi connectivity index (χ3n) is 5.83. The van der Waals surface area contributed by atoms with Gasteiger partial charge in [-0.1, -0.05) is 87.5 Å². The lowest BCUT2D eigenvalue weighted by Gasteiger charge is -2.20. The Balaban J connectivity index is 1.74. The Morgan fingerprint density at radius 3 is 1.97 bits per heavy atom. The van der Waals surface area contributed by atoms with Crippen LogP contribution in [0.4, 0.5) is 0 Å². The molecule has 36 heavy (non-hydrogen) atoms. The zero-order valence-electron chi connectivity index (χ0n) is 21.1. The number of hydrogen-bond donors (Lipinski definition) is 2. The van der Waals surface area contributed by atoms with Gasteiger partial charge < -0.3 is 19.9 Å². The summed E-state index contributed by atoms with van der Waals surface area (Å²) >= 11 is 0. The van der Waals surface area contributed by atoms with E-state index in [4.69, 9.17) is 9.47 Å². The fourth-order valence-electron chi connectivity index (χ4n) is 3.95. The number of carbonyl (C=O) groups is 2. The fraction of sp³-hybridized carbons (Fsp3) is 0.333. The molecule has 0 aromatic heterocycles. The van der Waals surface area contributed by atoms with E-state index in [0.29, 0.717) is 31.1 Å². The number of nitrogens with one attached hydrogen (secondary N) is 1. The van der Waals surface area contributed by atoms with Crippen LogP contribution >= 0.6 is 0 Å². The fourth-order valence-corrected chi connectivity index (χ4v) is 3.95. The van der Waals surface area contributed by atoms with Crippen LogP contribution in [0.15, 0.2) is 78.9 Å². The molecule has 190 valence electrons. The molecule has 1 amide bonds. The van der Waals surface area contributed by atoms with Crippen molar-refractivity contribution in [1.29, 1.82) is 0 Å². The molecule has 3 rings (SSSR count). The highest BCUT2D eigenvalue weighted by atomic mass is 16.5. The van der Waals surface area contributed by atoms with Gasteiger partial charge in [-0.2, -0.15) is 0 Å². The molecule has 0 radical (unpaired) electrons. The van der Waals surface area contributed by atoms with E-state index in [1.165, 1.54) is 0 Å². The van der Waals surface area contributed by atoms with Gasteiger partial charge in [-0.3, -0.25) is 4.79 Å². The molecule has 0 saturated carbocycles.